The van der Waals surface area contributed by atoms with Gasteiger partial charge in [0.05, 0.1) is 10.6 Å². The fourth-order valence-corrected chi connectivity index (χ4v) is 2.86. The van der Waals surface area contributed by atoms with E-state index in [-0.39, 0.29) is 5.75 Å². The first-order chi connectivity index (χ1) is 8.42. The number of benzene rings is 1. The van der Waals surface area contributed by atoms with Crippen molar-refractivity contribution in [1.82, 2.24) is 10.2 Å². The van der Waals surface area contributed by atoms with Gasteiger partial charge in [-0.2, -0.15) is 0 Å². The van der Waals surface area contributed by atoms with Crippen molar-refractivity contribution in [2.24, 2.45) is 0 Å². The zero-order valence-corrected chi connectivity index (χ0v) is 13.1. The average Bonchev–Trinajstić information content (AvgIpc) is 2.28. The van der Waals surface area contributed by atoms with Gasteiger partial charge in [-0.25, -0.2) is 8.42 Å². The molecule has 1 N–H and O–H groups in total. The molecule has 0 saturated heterocycles. The lowest BCUT2D eigenvalue weighted by Gasteiger charge is -2.10. The topological polar surface area (TPSA) is 49.4 Å². The minimum atomic E-state index is -3.17. The van der Waals surface area contributed by atoms with E-state index in [2.05, 4.69) is 26.1 Å². The van der Waals surface area contributed by atoms with Crippen LogP contribution in [0.25, 0.3) is 0 Å². The van der Waals surface area contributed by atoms with Crippen LogP contribution in [0.4, 0.5) is 0 Å². The molecule has 4 nitrogen and oxygen atoms in total. The fraction of sp³-hybridized carbons (Fsp3) is 0.500. The number of likely N-dealkylation sites (N-methyl/N-ethyl adjacent to an activating group) is 1. The molecule has 18 heavy (non-hydrogen) atoms. The van der Waals surface area contributed by atoms with Crippen LogP contribution in [-0.4, -0.2) is 52.8 Å². The summed E-state index contributed by atoms with van der Waals surface area (Å²) in [5, 5.41) is 3.12. The van der Waals surface area contributed by atoms with Gasteiger partial charge in [-0.1, -0.05) is 15.9 Å². The lowest BCUT2D eigenvalue weighted by Crippen LogP contribution is -2.30. The predicted molar refractivity (Wildman–Crippen MR) is 77.6 cm³/mol. The Bertz CT molecular complexity index is 457. The van der Waals surface area contributed by atoms with Gasteiger partial charge in [0.1, 0.15) is 0 Å². The third-order valence-corrected chi connectivity index (χ3v) is 4.72. The van der Waals surface area contributed by atoms with Gasteiger partial charge in [0.15, 0.2) is 9.84 Å². The van der Waals surface area contributed by atoms with Crippen LogP contribution in [-0.2, 0) is 9.84 Å². The Labute approximate surface area is 117 Å². The van der Waals surface area contributed by atoms with Crippen LogP contribution in [0.2, 0.25) is 0 Å². The number of hydrogen-bond donors (Lipinski definition) is 1. The maximum absolute atomic E-state index is 12.0. The van der Waals surface area contributed by atoms with Crippen LogP contribution in [0.3, 0.4) is 0 Å². The Kier molecular flexibility index (Phi) is 6.28. The quantitative estimate of drug-likeness (QED) is 0.765. The molecule has 6 heteroatoms. The third kappa shape index (κ3) is 5.48. The van der Waals surface area contributed by atoms with Gasteiger partial charge in [0.2, 0.25) is 0 Å². The third-order valence-electron chi connectivity index (χ3n) is 2.46. The minimum absolute atomic E-state index is 0.127. The van der Waals surface area contributed by atoms with Crippen molar-refractivity contribution in [2.75, 3.05) is 39.5 Å². The first kappa shape index (κ1) is 15.6. The van der Waals surface area contributed by atoms with Crippen molar-refractivity contribution >= 4 is 25.8 Å². The highest BCUT2D eigenvalue weighted by molar-refractivity contribution is 9.10. The van der Waals surface area contributed by atoms with Gasteiger partial charge < -0.3 is 10.2 Å². The molecule has 1 rings (SSSR count). The summed E-state index contributed by atoms with van der Waals surface area (Å²) < 4.78 is 24.8. The zero-order chi connectivity index (χ0) is 13.6. The number of sulfone groups is 1. The summed E-state index contributed by atoms with van der Waals surface area (Å²) >= 11 is 3.29. The van der Waals surface area contributed by atoms with E-state index < -0.39 is 9.84 Å². The van der Waals surface area contributed by atoms with E-state index in [1.54, 1.807) is 24.3 Å². The van der Waals surface area contributed by atoms with Gasteiger partial charge in [0.25, 0.3) is 0 Å². The number of nitrogens with one attached hydrogen (secondary N) is 1. The Morgan fingerprint density at radius 3 is 2.33 bits per heavy atom. The summed E-state index contributed by atoms with van der Waals surface area (Å²) in [6, 6.07) is 6.73. The molecule has 0 heterocycles. The largest absolute Gasteiger partial charge is 0.314 e. The second-order valence-electron chi connectivity index (χ2n) is 4.33. The number of hydrogen-bond acceptors (Lipinski definition) is 4. The molecular weight excluding hydrogens is 316 g/mol. The van der Waals surface area contributed by atoms with E-state index >= 15 is 0 Å². The van der Waals surface area contributed by atoms with Gasteiger partial charge in [-0.05, 0) is 38.4 Å². The molecule has 0 bridgehead atoms. The summed E-state index contributed by atoms with van der Waals surface area (Å²) in [7, 11) is 0.798. The monoisotopic (exact) mass is 334 g/mol. The number of rotatable bonds is 7. The van der Waals surface area contributed by atoms with E-state index in [0.717, 1.165) is 17.6 Å². The first-order valence-electron chi connectivity index (χ1n) is 5.75. The Morgan fingerprint density at radius 1 is 1.17 bits per heavy atom. The van der Waals surface area contributed by atoms with Crippen molar-refractivity contribution in [3.05, 3.63) is 28.7 Å². The Hall–Kier alpha value is -0.430. The summed E-state index contributed by atoms with van der Waals surface area (Å²) in [4.78, 5) is 2.43. The van der Waals surface area contributed by atoms with Crippen molar-refractivity contribution in [3.63, 3.8) is 0 Å². The smallest absolute Gasteiger partial charge is 0.179 e. The SMILES string of the molecule is CN(C)CCNCCS(=O)(=O)c1ccc(Br)cc1. The maximum atomic E-state index is 12.0. The molecule has 102 valence electrons. The van der Waals surface area contributed by atoms with Crippen molar-refractivity contribution < 1.29 is 8.42 Å². The molecule has 0 aliphatic heterocycles. The second kappa shape index (κ2) is 7.23. The molecule has 1 aromatic rings. The van der Waals surface area contributed by atoms with E-state index in [0.29, 0.717) is 11.4 Å². The van der Waals surface area contributed by atoms with Crippen molar-refractivity contribution in [2.45, 2.75) is 4.90 Å². The van der Waals surface area contributed by atoms with Crippen LogP contribution in [0.1, 0.15) is 0 Å². The molecule has 0 radical (unpaired) electrons. The molecule has 0 spiro atoms. The van der Waals surface area contributed by atoms with Crippen LogP contribution in [0.15, 0.2) is 33.6 Å². The molecule has 0 aliphatic rings. The molecule has 0 atom stereocenters. The molecule has 0 aliphatic carbocycles. The summed E-state index contributed by atoms with van der Waals surface area (Å²) in [5.41, 5.74) is 0. The normalized spacial score (nSPS) is 12.0. The van der Waals surface area contributed by atoms with Gasteiger partial charge >= 0.3 is 0 Å². The predicted octanol–water partition coefficient (Wildman–Crippen LogP) is 1.37. The highest BCUT2D eigenvalue weighted by Gasteiger charge is 2.13. The van der Waals surface area contributed by atoms with Gasteiger partial charge in [-0.3, -0.25) is 0 Å². The van der Waals surface area contributed by atoms with E-state index in [4.69, 9.17) is 0 Å². The Morgan fingerprint density at radius 2 is 1.78 bits per heavy atom. The fourth-order valence-electron chi connectivity index (χ4n) is 1.39. The molecule has 0 aromatic heterocycles. The highest BCUT2D eigenvalue weighted by Crippen LogP contribution is 2.15. The lowest BCUT2D eigenvalue weighted by atomic mass is 10.4. The number of halogens is 1. The molecule has 0 unspecified atom stereocenters. The standard InChI is InChI=1S/C12H19BrN2O2S/c1-15(2)9-7-14-8-10-18(16,17)12-5-3-11(13)4-6-12/h3-6,14H,7-10H2,1-2H3. The summed E-state index contributed by atoms with van der Waals surface area (Å²) in [5.74, 6) is 0.127. The lowest BCUT2D eigenvalue weighted by molar-refractivity contribution is 0.402. The van der Waals surface area contributed by atoms with Crippen molar-refractivity contribution in [3.8, 4) is 0 Å². The van der Waals surface area contributed by atoms with Gasteiger partial charge in [-0.15, -0.1) is 0 Å². The maximum Gasteiger partial charge on any atom is 0.179 e. The molecule has 1 aromatic carbocycles. The molecule has 0 amide bonds. The molecular formula is C12H19BrN2O2S. The molecule has 0 saturated carbocycles. The van der Waals surface area contributed by atoms with E-state index in [1.807, 2.05) is 14.1 Å². The van der Waals surface area contributed by atoms with Crippen LogP contribution >= 0.6 is 15.9 Å². The zero-order valence-electron chi connectivity index (χ0n) is 10.7. The van der Waals surface area contributed by atoms with E-state index in [1.165, 1.54) is 0 Å². The summed E-state index contributed by atoms with van der Waals surface area (Å²) in [6.45, 7) is 2.17. The molecule has 0 fully saturated rings. The van der Waals surface area contributed by atoms with Crippen LogP contribution in [0.5, 0.6) is 0 Å². The van der Waals surface area contributed by atoms with E-state index in [9.17, 15) is 8.42 Å². The first-order valence-corrected chi connectivity index (χ1v) is 8.20. The second-order valence-corrected chi connectivity index (χ2v) is 7.35. The Balaban J connectivity index is 2.43. The van der Waals surface area contributed by atoms with Crippen LogP contribution < -0.4 is 5.32 Å². The van der Waals surface area contributed by atoms with Gasteiger partial charge in [0, 0.05) is 24.1 Å². The van der Waals surface area contributed by atoms with Crippen LogP contribution in [0, 0.1) is 0 Å². The van der Waals surface area contributed by atoms with Crippen molar-refractivity contribution in [1.29, 1.82) is 0 Å². The summed E-state index contributed by atoms with van der Waals surface area (Å²) in [6.07, 6.45) is 0. The highest BCUT2D eigenvalue weighted by atomic mass is 79.9. The average molecular weight is 335 g/mol. The number of nitrogens with zero attached hydrogens (tertiary/aromatic N) is 1. The minimum Gasteiger partial charge on any atom is -0.314 e.